The molecule has 0 rings (SSSR count). The molecular weight excluding hydrogens is 178 g/mol. The van der Waals surface area contributed by atoms with E-state index in [4.69, 9.17) is 0 Å². The van der Waals surface area contributed by atoms with E-state index >= 15 is 0 Å². The predicted octanol–water partition coefficient (Wildman–Crippen LogP) is 3.30. The van der Waals surface area contributed by atoms with Crippen LogP contribution in [0.1, 0.15) is 46.5 Å². The molecule has 0 aromatic heterocycles. The fourth-order valence-corrected chi connectivity index (χ4v) is 2.05. The van der Waals surface area contributed by atoms with Crippen LogP contribution in [0.2, 0.25) is 0 Å². The molecule has 1 N–H and O–H groups in total. The van der Waals surface area contributed by atoms with E-state index in [1.165, 1.54) is 31.4 Å². The second-order valence-corrected chi connectivity index (χ2v) is 4.88. The van der Waals surface area contributed by atoms with E-state index in [1.807, 2.05) is 11.8 Å². The van der Waals surface area contributed by atoms with Gasteiger partial charge in [-0.15, -0.1) is 0 Å². The largest absolute Gasteiger partial charge is 0.312 e. The van der Waals surface area contributed by atoms with Crippen LogP contribution in [0.15, 0.2) is 0 Å². The van der Waals surface area contributed by atoms with E-state index in [1.54, 1.807) is 0 Å². The molecule has 0 amide bonds. The Bertz CT molecular complexity index is 94.3. The van der Waals surface area contributed by atoms with Gasteiger partial charge < -0.3 is 5.32 Å². The summed E-state index contributed by atoms with van der Waals surface area (Å²) in [7, 11) is 0. The third-order valence-corrected chi connectivity index (χ3v) is 2.96. The molecule has 0 bridgehead atoms. The molecule has 0 spiro atoms. The number of thioether (sulfide) groups is 1. The highest BCUT2D eigenvalue weighted by Gasteiger charge is 2.05. The second-order valence-electron chi connectivity index (χ2n) is 3.89. The van der Waals surface area contributed by atoms with Gasteiger partial charge in [-0.25, -0.2) is 0 Å². The fourth-order valence-electron chi connectivity index (χ4n) is 1.46. The van der Waals surface area contributed by atoms with E-state index in [-0.39, 0.29) is 0 Å². The van der Waals surface area contributed by atoms with E-state index in [9.17, 15) is 0 Å². The van der Waals surface area contributed by atoms with Gasteiger partial charge in [0.15, 0.2) is 0 Å². The van der Waals surface area contributed by atoms with Crippen LogP contribution in [0.4, 0.5) is 0 Å². The molecule has 0 aliphatic heterocycles. The summed E-state index contributed by atoms with van der Waals surface area (Å²) in [5, 5.41) is 3.64. The minimum Gasteiger partial charge on any atom is -0.312 e. The van der Waals surface area contributed by atoms with E-state index in [0.717, 1.165) is 0 Å². The van der Waals surface area contributed by atoms with Crippen molar-refractivity contribution in [2.24, 2.45) is 0 Å². The average molecular weight is 203 g/mol. The maximum Gasteiger partial charge on any atom is 0.00490 e. The molecule has 0 aliphatic carbocycles. The number of unbranched alkanes of at least 4 members (excludes halogenated alkanes) is 1. The van der Waals surface area contributed by atoms with Gasteiger partial charge in [-0.2, -0.15) is 11.8 Å². The minimum absolute atomic E-state index is 0.680. The van der Waals surface area contributed by atoms with Crippen molar-refractivity contribution in [3.63, 3.8) is 0 Å². The summed E-state index contributed by atoms with van der Waals surface area (Å²) in [6.07, 6.45) is 7.44. The Morgan fingerprint density at radius 2 is 1.77 bits per heavy atom. The first-order valence-electron chi connectivity index (χ1n) is 5.45. The Balaban J connectivity index is 3.35. The van der Waals surface area contributed by atoms with Crippen LogP contribution in [0.5, 0.6) is 0 Å². The first kappa shape index (κ1) is 13.3. The molecule has 0 aromatic rings. The lowest BCUT2D eigenvalue weighted by atomic mass is 10.1. The molecule has 2 heteroatoms. The smallest absolute Gasteiger partial charge is 0.00490 e. The molecule has 1 nitrogen and oxygen atoms in total. The summed E-state index contributed by atoms with van der Waals surface area (Å²) in [5.74, 6) is 1.27. The van der Waals surface area contributed by atoms with Crippen molar-refractivity contribution in [3.8, 4) is 0 Å². The summed E-state index contributed by atoms with van der Waals surface area (Å²) in [4.78, 5) is 0. The molecule has 2 unspecified atom stereocenters. The molecule has 0 saturated carbocycles. The lowest BCUT2D eigenvalue weighted by Crippen LogP contribution is -2.34. The van der Waals surface area contributed by atoms with Crippen molar-refractivity contribution in [1.29, 1.82) is 0 Å². The third-order valence-electron chi connectivity index (χ3n) is 2.31. The van der Waals surface area contributed by atoms with Gasteiger partial charge in [0.05, 0.1) is 0 Å². The lowest BCUT2D eigenvalue weighted by molar-refractivity contribution is 0.430. The van der Waals surface area contributed by atoms with Gasteiger partial charge in [-0.1, -0.05) is 19.8 Å². The standard InChI is InChI=1S/C11H25NS/c1-5-6-7-10(2)12-11(3)8-9-13-4/h10-12H,5-9H2,1-4H3. The Kier molecular flexibility index (Phi) is 9.10. The van der Waals surface area contributed by atoms with Crippen molar-refractivity contribution >= 4 is 11.8 Å². The minimum atomic E-state index is 0.680. The van der Waals surface area contributed by atoms with Gasteiger partial charge in [0.25, 0.3) is 0 Å². The lowest BCUT2D eigenvalue weighted by Gasteiger charge is -2.19. The molecule has 80 valence electrons. The van der Waals surface area contributed by atoms with Gasteiger partial charge >= 0.3 is 0 Å². The Hall–Kier alpha value is 0.310. The van der Waals surface area contributed by atoms with Gasteiger partial charge in [0.1, 0.15) is 0 Å². The number of hydrogen-bond acceptors (Lipinski definition) is 2. The maximum atomic E-state index is 3.64. The number of nitrogens with one attached hydrogen (secondary N) is 1. The highest BCUT2D eigenvalue weighted by atomic mass is 32.2. The average Bonchev–Trinajstić information content (AvgIpc) is 2.11. The normalized spacial score (nSPS) is 15.7. The maximum absolute atomic E-state index is 3.64. The second kappa shape index (κ2) is 8.89. The zero-order chi connectivity index (χ0) is 10.1. The Morgan fingerprint density at radius 3 is 2.31 bits per heavy atom. The molecular formula is C11H25NS. The zero-order valence-corrected chi connectivity index (χ0v) is 10.4. The fraction of sp³-hybridized carbons (Fsp3) is 1.00. The summed E-state index contributed by atoms with van der Waals surface area (Å²) in [5.41, 5.74) is 0. The first-order valence-corrected chi connectivity index (χ1v) is 6.85. The summed E-state index contributed by atoms with van der Waals surface area (Å²) in [6, 6.07) is 1.37. The number of rotatable bonds is 8. The van der Waals surface area contributed by atoms with Gasteiger partial charge in [-0.3, -0.25) is 0 Å². The van der Waals surface area contributed by atoms with E-state index in [0.29, 0.717) is 12.1 Å². The predicted molar refractivity (Wildman–Crippen MR) is 64.6 cm³/mol. The number of hydrogen-bond donors (Lipinski definition) is 1. The molecule has 2 atom stereocenters. The van der Waals surface area contributed by atoms with Crippen LogP contribution in [-0.4, -0.2) is 24.1 Å². The van der Waals surface area contributed by atoms with Crippen LogP contribution in [0, 0.1) is 0 Å². The molecule has 0 fully saturated rings. The highest BCUT2D eigenvalue weighted by molar-refractivity contribution is 7.98. The van der Waals surface area contributed by atoms with Gasteiger partial charge in [0, 0.05) is 12.1 Å². The van der Waals surface area contributed by atoms with Crippen LogP contribution >= 0.6 is 11.8 Å². The van der Waals surface area contributed by atoms with Crippen molar-refractivity contribution in [1.82, 2.24) is 5.32 Å². The van der Waals surface area contributed by atoms with Crippen LogP contribution < -0.4 is 5.32 Å². The topological polar surface area (TPSA) is 12.0 Å². The van der Waals surface area contributed by atoms with E-state index in [2.05, 4.69) is 32.3 Å². The summed E-state index contributed by atoms with van der Waals surface area (Å²) in [6.45, 7) is 6.84. The first-order chi connectivity index (χ1) is 6.20. The summed E-state index contributed by atoms with van der Waals surface area (Å²) < 4.78 is 0. The van der Waals surface area contributed by atoms with Crippen molar-refractivity contribution in [3.05, 3.63) is 0 Å². The van der Waals surface area contributed by atoms with Crippen LogP contribution in [-0.2, 0) is 0 Å². The Morgan fingerprint density at radius 1 is 1.15 bits per heavy atom. The van der Waals surface area contributed by atoms with Crippen molar-refractivity contribution in [2.45, 2.75) is 58.5 Å². The Labute approximate surface area is 88.1 Å². The zero-order valence-electron chi connectivity index (χ0n) is 9.60. The van der Waals surface area contributed by atoms with Crippen LogP contribution in [0.25, 0.3) is 0 Å². The van der Waals surface area contributed by atoms with Crippen molar-refractivity contribution < 1.29 is 0 Å². The molecule has 0 saturated heterocycles. The molecule has 0 aromatic carbocycles. The van der Waals surface area contributed by atoms with E-state index < -0.39 is 0 Å². The molecule has 13 heavy (non-hydrogen) atoms. The highest BCUT2D eigenvalue weighted by Crippen LogP contribution is 2.04. The molecule has 0 radical (unpaired) electrons. The SMILES string of the molecule is CCCCC(C)NC(C)CCSC. The third kappa shape index (κ3) is 8.63. The van der Waals surface area contributed by atoms with Crippen LogP contribution in [0.3, 0.4) is 0 Å². The quantitative estimate of drug-likeness (QED) is 0.649. The molecule has 0 heterocycles. The van der Waals surface area contributed by atoms with Crippen molar-refractivity contribution in [2.75, 3.05) is 12.0 Å². The monoisotopic (exact) mass is 203 g/mol. The van der Waals surface area contributed by atoms with Gasteiger partial charge in [-0.05, 0) is 38.7 Å². The van der Waals surface area contributed by atoms with Gasteiger partial charge in [0.2, 0.25) is 0 Å². The summed E-state index contributed by atoms with van der Waals surface area (Å²) >= 11 is 1.93. The molecule has 0 aliphatic rings.